The molecule has 1 saturated carbocycles. The summed E-state index contributed by atoms with van der Waals surface area (Å²) in [6.07, 6.45) is -4.97. The Labute approximate surface area is 217 Å². The fourth-order valence-corrected chi connectivity index (χ4v) is 3.83. The van der Waals surface area contributed by atoms with Crippen molar-refractivity contribution in [3.05, 3.63) is 53.1 Å². The number of alkyl halides is 3. The molecule has 0 aliphatic heterocycles. The number of hydrogen-bond acceptors (Lipinski definition) is 6. The van der Waals surface area contributed by atoms with Gasteiger partial charge in [0, 0.05) is 17.7 Å². The Hall–Kier alpha value is -3.40. The van der Waals surface area contributed by atoms with Crippen LogP contribution in [0, 0.1) is 11.3 Å². The summed E-state index contributed by atoms with van der Waals surface area (Å²) >= 11 is 6.42. The van der Waals surface area contributed by atoms with Crippen LogP contribution in [0.1, 0.15) is 32.3 Å². The maximum absolute atomic E-state index is 13.2. The van der Waals surface area contributed by atoms with Gasteiger partial charge in [-0.25, -0.2) is 4.98 Å². The largest absolute Gasteiger partial charge is 0.493 e. The molecule has 1 fully saturated rings. The van der Waals surface area contributed by atoms with E-state index in [4.69, 9.17) is 21.1 Å². The zero-order valence-electron chi connectivity index (χ0n) is 20.5. The molecule has 3 aromatic rings. The first-order chi connectivity index (χ1) is 17.5. The number of aromatic nitrogens is 3. The molecule has 1 aromatic heterocycles. The van der Waals surface area contributed by atoms with E-state index in [0.29, 0.717) is 40.1 Å². The van der Waals surface area contributed by atoms with Crippen LogP contribution in [-0.2, 0) is 11.3 Å². The van der Waals surface area contributed by atoms with Crippen molar-refractivity contribution in [3.8, 4) is 34.5 Å². The topological polar surface area (TPSA) is 86.2 Å². The lowest BCUT2D eigenvalue weighted by Gasteiger charge is -2.18. The van der Waals surface area contributed by atoms with Crippen LogP contribution < -0.4 is 14.8 Å². The van der Waals surface area contributed by atoms with Gasteiger partial charge < -0.3 is 14.8 Å². The molecule has 0 saturated heterocycles. The third-order valence-electron chi connectivity index (χ3n) is 5.95. The first-order valence-electron chi connectivity index (χ1n) is 11.7. The molecule has 1 heterocycles. The quantitative estimate of drug-likeness (QED) is 0.370. The van der Waals surface area contributed by atoms with E-state index in [2.05, 4.69) is 34.1 Å². The molecule has 1 amide bonds. The predicted molar refractivity (Wildman–Crippen MR) is 132 cm³/mol. The highest BCUT2D eigenvalue weighted by Crippen LogP contribution is 2.57. The lowest BCUT2D eigenvalue weighted by molar-refractivity contribution is -0.192. The van der Waals surface area contributed by atoms with Gasteiger partial charge in [0.1, 0.15) is 11.2 Å². The van der Waals surface area contributed by atoms with Gasteiger partial charge in [-0.1, -0.05) is 31.5 Å². The lowest BCUT2D eigenvalue weighted by atomic mass is 10.1. The standard InChI is InChI=1S/C26H26ClF3N4O3/c1-15(2)14-37-18-7-5-17(6-8-18)21-32-22(34-24(33-21)36-3)19-12-16(4-9-20(19)27)13-31-23(35)25(10-11-25)26(28,29)30/h4-9,12,15H,10-11,13-14H2,1-3H3,(H,31,35). The molecule has 4 rings (SSSR count). The fourth-order valence-electron chi connectivity index (χ4n) is 3.63. The Bertz CT molecular complexity index is 1280. The SMILES string of the molecule is COc1nc(-c2ccc(OCC(C)C)cc2)nc(-c2cc(CNC(=O)C3(C(F)(F)F)CC3)ccc2Cl)n1. The summed E-state index contributed by atoms with van der Waals surface area (Å²) in [5, 5.41) is 2.72. The zero-order valence-corrected chi connectivity index (χ0v) is 21.3. The molecule has 11 heteroatoms. The van der Waals surface area contributed by atoms with Crippen molar-refractivity contribution in [3.63, 3.8) is 0 Å². The van der Waals surface area contributed by atoms with Crippen molar-refractivity contribution in [2.75, 3.05) is 13.7 Å². The monoisotopic (exact) mass is 534 g/mol. The van der Waals surface area contributed by atoms with E-state index in [0.717, 1.165) is 5.75 Å². The number of halogens is 4. The van der Waals surface area contributed by atoms with Gasteiger partial charge in [0.05, 0.1) is 18.7 Å². The predicted octanol–water partition coefficient (Wildman–Crippen LogP) is 5.86. The van der Waals surface area contributed by atoms with E-state index in [-0.39, 0.29) is 31.2 Å². The highest BCUT2D eigenvalue weighted by Gasteiger charge is 2.68. The minimum Gasteiger partial charge on any atom is -0.493 e. The highest BCUT2D eigenvalue weighted by atomic mass is 35.5. The van der Waals surface area contributed by atoms with Gasteiger partial charge in [0.25, 0.3) is 0 Å². The van der Waals surface area contributed by atoms with Crippen LogP contribution in [0.5, 0.6) is 11.8 Å². The molecule has 0 unspecified atom stereocenters. The third-order valence-corrected chi connectivity index (χ3v) is 6.27. The van der Waals surface area contributed by atoms with Crippen molar-refractivity contribution >= 4 is 17.5 Å². The second kappa shape index (κ2) is 10.5. The molecule has 37 heavy (non-hydrogen) atoms. The number of methoxy groups -OCH3 is 1. The highest BCUT2D eigenvalue weighted by molar-refractivity contribution is 6.33. The summed E-state index contributed by atoms with van der Waals surface area (Å²) in [5.74, 6) is 0.641. The molecule has 0 bridgehead atoms. The number of hydrogen-bond donors (Lipinski definition) is 1. The summed E-state index contributed by atoms with van der Waals surface area (Å²) in [7, 11) is 1.42. The van der Waals surface area contributed by atoms with E-state index in [9.17, 15) is 18.0 Å². The second-order valence-electron chi connectivity index (χ2n) is 9.28. The van der Waals surface area contributed by atoms with Crippen molar-refractivity contribution in [1.29, 1.82) is 0 Å². The minimum absolute atomic E-state index is 0.0655. The minimum atomic E-state index is -4.57. The molecular formula is C26H26ClF3N4O3. The zero-order chi connectivity index (χ0) is 26.8. The number of benzene rings is 2. The number of carbonyl (C=O) groups is 1. The summed E-state index contributed by atoms with van der Waals surface area (Å²) < 4.78 is 50.7. The van der Waals surface area contributed by atoms with Gasteiger partial charge in [-0.15, -0.1) is 0 Å². The number of ether oxygens (including phenoxy) is 2. The third kappa shape index (κ3) is 5.95. The smallest absolute Gasteiger partial charge is 0.403 e. The van der Waals surface area contributed by atoms with E-state index in [1.807, 2.05) is 24.3 Å². The van der Waals surface area contributed by atoms with Crippen LogP contribution in [-0.4, -0.2) is 40.8 Å². The average Bonchev–Trinajstić information content (AvgIpc) is 3.69. The Balaban J connectivity index is 1.57. The fraction of sp³-hybridized carbons (Fsp3) is 0.385. The Morgan fingerprint density at radius 3 is 2.35 bits per heavy atom. The van der Waals surface area contributed by atoms with Gasteiger partial charge in [0.15, 0.2) is 11.6 Å². The van der Waals surface area contributed by atoms with Gasteiger partial charge in [-0.2, -0.15) is 23.1 Å². The molecule has 1 N–H and O–H groups in total. The first kappa shape index (κ1) is 26.7. The molecular weight excluding hydrogens is 509 g/mol. The summed E-state index contributed by atoms with van der Waals surface area (Å²) in [6, 6.07) is 12.1. The molecule has 0 spiro atoms. The lowest BCUT2D eigenvalue weighted by Crippen LogP contribution is -2.40. The average molecular weight is 535 g/mol. The van der Waals surface area contributed by atoms with Crippen LogP contribution in [0.3, 0.4) is 0 Å². The molecule has 2 aromatic carbocycles. The normalized spacial score (nSPS) is 14.4. The molecule has 1 aliphatic rings. The van der Waals surface area contributed by atoms with Crippen molar-refractivity contribution in [2.45, 2.75) is 39.4 Å². The number of amides is 1. The maximum Gasteiger partial charge on any atom is 0.403 e. The van der Waals surface area contributed by atoms with Gasteiger partial charge >= 0.3 is 12.2 Å². The Morgan fingerprint density at radius 1 is 1.08 bits per heavy atom. The van der Waals surface area contributed by atoms with Crippen LogP contribution in [0.2, 0.25) is 5.02 Å². The van der Waals surface area contributed by atoms with Crippen LogP contribution >= 0.6 is 11.6 Å². The maximum atomic E-state index is 13.2. The van der Waals surface area contributed by atoms with Gasteiger partial charge in [-0.3, -0.25) is 4.79 Å². The van der Waals surface area contributed by atoms with E-state index in [1.54, 1.807) is 18.2 Å². The summed E-state index contributed by atoms with van der Waals surface area (Å²) in [5.41, 5.74) is -0.628. The van der Waals surface area contributed by atoms with E-state index < -0.39 is 17.5 Å². The van der Waals surface area contributed by atoms with Crippen LogP contribution in [0.15, 0.2) is 42.5 Å². The van der Waals surface area contributed by atoms with Crippen molar-refractivity contribution < 1.29 is 27.4 Å². The van der Waals surface area contributed by atoms with Crippen LogP contribution in [0.4, 0.5) is 13.2 Å². The van der Waals surface area contributed by atoms with Crippen molar-refractivity contribution in [1.82, 2.24) is 20.3 Å². The number of nitrogens with one attached hydrogen (secondary N) is 1. The number of nitrogens with zero attached hydrogens (tertiary/aromatic N) is 3. The molecule has 0 radical (unpaired) electrons. The number of rotatable bonds is 9. The van der Waals surface area contributed by atoms with E-state index in [1.165, 1.54) is 7.11 Å². The second-order valence-corrected chi connectivity index (χ2v) is 9.68. The molecule has 0 atom stereocenters. The van der Waals surface area contributed by atoms with Crippen LogP contribution in [0.25, 0.3) is 22.8 Å². The van der Waals surface area contributed by atoms with Gasteiger partial charge in [-0.05, 0) is 60.7 Å². The van der Waals surface area contributed by atoms with Crippen molar-refractivity contribution in [2.24, 2.45) is 11.3 Å². The molecule has 1 aliphatic carbocycles. The Morgan fingerprint density at radius 2 is 1.76 bits per heavy atom. The first-order valence-corrected chi connectivity index (χ1v) is 12.1. The summed E-state index contributed by atoms with van der Waals surface area (Å²) in [6.45, 7) is 4.61. The molecule has 7 nitrogen and oxygen atoms in total. The Kier molecular flexibility index (Phi) is 7.59. The van der Waals surface area contributed by atoms with Gasteiger partial charge in [0.2, 0.25) is 5.91 Å². The molecule has 196 valence electrons. The summed E-state index contributed by atoms with van der Waals surface area (Å²) in [4.78, 5) is 25.4. The number of carbonyl (C=O) groups excluding carboxylic acids is 1. The van der Waals surface area contributed by atoms with E-state index >= 15 is 0 Å².